The van der Waals surface area contributed by atoms with Gasteiger partial charge in [0.1, 0.15) is 0 Å². The van der Waals surface area contributed by atoms with E-state index in [0.29, 0.717) is 6.42 Å². The molecule has 76 valence electrons. The van der Waals surface area contributed by atoms with E-state index in [4.69, 9.17) is 5.11 Å². The molecule has 0 aliphatic carbocycles. The molecule has 1 heterocycles. The zero-order valence-corrected chi connectivity index (χ0v) is 8.83. The van der Waals surface area contributed by atoms with Crippen LogP contribution in [0.15, 0.2) is 41.8 Å². The smallest absolute Gasteiger partial charge is 0.327 e. The second-order valence-corrected chi connectivity index (χ2v) is 4.11. The quantitative estimate of drug-likeness (QED) is 0.804. The predicted molar refractivity (Wildman–Crippen MR) is 62.3 cm³/mol. The fraction of sp³-hybridized carbons (Fsp3) is 0.0833. The summed E-state index contributed by atoms with van der Waals surface area (Å²) in [6.07, 6.45) is 3.54. The van der Waals surface area contributed by atoms with Gasteiger partial charge < -0.3 is 5.11 Å². The Labute approximate surface area is 91.5 Å². The number of carboxylic acid groups (broad SMARTS) is 1. The van der Waals surface area contributed by atoms with Crippen molar-refractivity contribution in [3.63, 3.8) is 0 Å². The highest BCUT2D eigenvalue weighted by molar-refractivity contribution is 7.17. The van der Waals surface area contributed by atoms with Gasteiger partial charge in [0.25, 0.3) is 0 Å². The molecule has 15 heavy (non-hydrogen) atoms. The summed E-state index contributed by atoms with van der Waals surface area (Å²) in [6, 6.07) is 8.15. The van der Waals surface area contributed by atoms with Gasteiger partial charge in [0.15, 0.2) is 0 Å². The van der Waals surface area contributed by atoms with E-state index in [-0.39, 0.29) is 0 Å². The van der Waals surface area contributed by atoms with Gasteiger partial charge in [0.05, 0.1) is 0 Å². The van der Waals surface area contributed by atoms with Crippen molar-refractivity contribution in [2.45, 2.75) is 6.42 Å². The van der Waals surface area contributed by atoms with Crippen molar-refractivity contribution in [3.8, 4) is 0 Å². The van der Waals surface area contributed by atoms with E-state index >= 15 is 0 Å². The topological polar surface area (TPSA) is 37.3 Å². The number of benzene rings is 1. The van der Waals surface area contributed by atoms with Crippen molar-refractivity contribution in [1.82, 2.24) is 0 Å². The molecular weight excluding hydrogens is 208 g/mol. The van der Waals surface area contributed by atoms with Crippen LogP contribution in [0.1, 0.15) is 5.56 Å². The highest BCUT2D eigenvalue weighted by atomic mass is 32.1. The number of fused-ring (bicyclic) bond motifs is 1. The van der Waals surface area contributed by atoms with Crippen LogP contribution in [0.4, 0.5) is 0 Å². The van der Waals surface area contributed by atoms with Gasteiger partial charge in [-0.3, -0.25) is 0 Å². The molecule has 1 aromatic carbocycles. The Morgan fingerprint density at radius 3 is 3.00 bits per heavy atom. The Balaban J connectivity index is 2.25. The molecule has 0 spiro atoms. The van der Waals surface area contributed by atoms with Gasteiger partial charge in [0, 0.05) is 10.8 Å². The summed E-state index contributed by atoms with van der Waals surface area (Å²) < 4.78 is 1.25. The Kier molecular flexibility index (Phi) is 2.83. The van der Waals surface area contributed by atoms with Crippen molar-refractivity contribution >= 4 is 27.4 Å². The molecule has 2 nitrogen and oxygen atoms in total. The van der Waals surface area contributed by atoms with Crippen LogP contribution in [-0.2, 0) is 11.2 Å². The maximum atomic E-state index is 10.3. The van der Waals surface area contributed by atoms with Gasteiger partial charge in [-0.25, -0.2) is 4.79 Å². The Morgan fingerprint density at radius 2 is 2.20 bits per heavy atom. The van der Waals surface area contributed by atoms with Gasteiger partial charge in [-0.05, 0) is 28.8 Å². The summed E-state index contributed by atoms with van der Waals surface area (Å²) in [4.78, 5) is 10.3. The molecule has 0 amide bonds. The minimum Gasteiger partial charge on any atom is -0.478 e. The molecule has 0 aliphatic rings. The first-order valence-electron chi connectivity index (χ1n) is 4.62. The molecule has 1 aromatic heterocycles. The minimum absolute atomic E-state index is 0.677. The van der Waals surface area contributed by atoms with E-state index in [0.717, 1.165) is 0 Å². The molecule has 0 atom stereocenters. The monoisotopic (exact) mass is 218 g/mol. The number of hydrogen-bond acceptors (Lipinski definition) is 2. The van der Waals surface area contributed by atoms with Gasteiger partial charge in [-0.15, -0.1) is 11.3 Å². The average Bonchev–Trinajstić information content (AvgIpc) is 2.62. The fourth-order valence-electron chi connectivity index (χ4n) is 1.48. The predicted octanol–water partition coefficient (Wildman–Crippen LogP) is 3.08. The lowest BCUT2D eigenvalue weighted by Gasteiger charge is -1.92. The SMILES string of the molecule is O=C(O)/C=C/Cc1csc2ccccc12. The third kappa shape index (κ3) is 2.25. The molecule has 0 fully saturated rings. The Bertz CT molecular complexity index is 511. The number of carboxylic acids is 1. The van der Waals surface area contributed by atoms with Crippen LogP contribution >= 0.6 is 11.3 Å². The highest BCUT2D eigenvalue weighted by Gasteiger charge is 2.00. The van der Waals surface area contributed by atoms with Crippen LogP contribution in [0.5, 0.6) is 0 Å². The number of allylic oxidation sites excluding steroid dienone is 1. The maximum Gasteiger partial charge on any atom is 0.327 e. The molecule has 0 radical (unpaired) electrons. The molecule has 0 saturated heterocycles. The summed E-state index contributed by atoms with van der Waals surface area (Å²) in [7, 11) is 0. The molecule has 3 heteroatoms. The van der Waals surface area contributed by atoms with E-state index in [1.807, 2.05) is 12.1 Å². The van der Waals surface area contributed by atoms with Crippen molar-refractivity contribution in [1.29, 1.82) is 0 Å². The number of thiophene rings is 1. The van der Waals surface area contributed by atoms with Gasteiger partial charge in [0.2, 0.25) is 0 Å². The molecule has 0 saturated carbocycles. The molecular formula is C12H10O2S. The number of rotatable bonds is 3. The second-order valence-electron chi connectivity index (χ2n) is 3.20. The Hall–Kier alpha value is -1.61. The third-order valence-corrected chi connectivity index (χ3v) is 3.17. The molecule has 2 rings (SSSR count). The lowest BCUT2D eigenvalue weighted by molar-refractivity contribution is -0.131. The lowest BCUT2D eigenvalue weighted by Crippen LogP contribution is -1.87. The van der Waals surface area contributed by atoms with E-state index in [2.05, 4.69) is 17.5 Å². The van der Waals surface area contributed by atoms with E-state index < -0.39 is 5.97 Å². The standard InChI is InChI=1S/C12H10O2S/c13-12(14)7-3-4-9-8-15-11-6-2-1-5-10(9)11/h1-3,5-8H,4H2,(H,13,14)/b7-3+. The van der Waals surface area contributed by atoms with Crippen LogP contribution in [-0.4, -0.2) is 11.1 Å². The van der Waals surface area contributed by atoms with Gasteiger partial charge in [-0.2, -0.15) is 0 Å². The highest BCUT2D eigenvalue weighted by Crippen LogP contribution is 2.25. The first-order chi connectivity index (χ1) is 7.27. The molecule has 0 aliphatic heterocycles. The minimum atomic E-state index is -0.894. The summed E-state index contributed by atoms with van der Waals surface area (Å²) in [5, 5.41) is 11.8. The lowest BCUT2D eigenvalue weighted by atomic mass is 10.1. The Morgan fingerprint density at radius 1 is 1.40 bits per heavy atom. The molecule has 1 N–H and O–H groups in total. The van der Waals surface area contributed by atoms with Crippen LogP contribution in [0.3, 0.4) is 0 Å². The fourth-order valence-corrected chi connectivity index (χ4v) is 2.45. The van der Waals surface area contributed by atoms with Crippen LogP contribution in [0.2, 0.25) is 0 Å². The summed E-state index contributed by atoms with van der Waals surface area (Å²) >= 11 is 1.69. The molecule has 0 unspecified atom stereocenters. The van der Waals surface area contributed by atoms with Crippen LogP contribution in [0.25, 0.3) is 10.1 Å². The zero-order valence-electron chi connectivity index (χ0n) is 8.01. The van der Waals surface area contributed by atoms with Gasteiger partial charge >= 0.3 is 5.97 Å². The normalized spacial score (nSPS) is 11.2. The van der Waals surface area contributed by atoms with Crippen LogP contribution < -0.4 is 0 Å². The maximum absolute atomic E-state index is 10.3. The van der Waals surface area contributed by atoms with Crippen molar-refractivity contribution in [2.75, 3.05) is 0 Å². The summed E-state index contributed by atoms with van der Waals surface area (Å²) in [5.74, 6) is -0.894. The van der Waals surface area contributed by atoms with Crippen molar-refractivity contribution in [2.24, 2.45) is 0 Å². The van der Waals surface area contributed by atoms with E-state index in [9.17, 15) is 4.79 Å². The summed E-state index contributed by atoms with van der Waals surface area (Å²) in [6.45, 7) is 0. The number of carbonyl (C=O) groups is 1. The van der Waals surface area contributed by atoms with Crippen molar-refractivity contribution < 1.29 is 9.90 Å². The van der Waals surface area contributed by atoms with Gasteiger partial charge in [-0.1, -0.05) is 24.3 Å². The van der Waals surface area contributed by atoms with E-state index in [1.54, 1.807) is 17.4 Å². The zero-order chi connectivity index (χ0) is 10.7. The first kappa shape index (κ1) is 9.93. The van der Waals surface area contributed by atoms with Crippen molar-refractivity contribution in [3.05, 3.63) is 47.4 Å². The average molecular weight is 218 g/mol. The van der Waals surface area contributed by atoms with E-state index in [1.165, 1.54) is 21.7 Å². The largest absolute Gasteiger partial charge is 0.478 e. The first-order valence-corrected chi connectivity index (χ1v) is 5.50. The molecule has 0 bridgehead atoms. The number of hydrogen-bond donors (Lipinski definition) is 1. The number of aliphatic carboxylic acids is 1. The third-order valence-electron chi connectivity index (χ3n) is 2.16. The summed E-state index contributed by atoms with van der Waals surface area (Å²) in [5.41, 5.74) is 1.19. The van der Waals surface area contributed by atoms with Crippen LogP contribution in [0, 0.1) is 0 Å². The second kappa shape index (κ2) is 4.28. The molecule has 2 aromatic rings.